The molecule has 0 aliphatic rings. The lowest BCUT2D eigenvalue weighted by molar-refractivity contribution is 0.242. The summed E-state index contributed by atoms with van der Waals surface area (Å²) in [5.41, 5.74) is 6.63. The number of nitrogens with two attached hydrogens (primary N) is 1. The average molecular weight is 293 g/mol. The summed E-state index contributed by atoms with van der Waals surface area (Å²) in [6, 6.07) is 5.97. The van der Waals surface area contributed by atoms with Gasteiger partial charge in [-0.05, 0) is 23.6 Å². The summed E-state index contributed by atoms with van der Waals surface area (Å²) in [7, 11) is 3.28. The van der Waals surface area contributed by atoms with Crippen LogP contribution in [-0.2, 0) is 6.54 Å². The average Bonchev–Trinajstić information content (AvgIpc) is 2.44. The number of nitrogens with zero attached hydrogens (tertiary/aromatic N) is 1. The number of amidine groups is 1. The van der Waals surface area contributed by atoms with Crippen molar-refractivity contribution in [2.45, 2.75) is 26.8 Å². The highest BCUT2D eigenvalue weighted by molar-refractivity contribution is 5.76. The van der Waals surface area contributed by atoms with Gasteiger partial charge in [-0.2, -0.15) is 0 Å². The van der Waals surface area contributed by atoms with Gasteiger partial charge in [0.05, 0.1) is 20.1 Å². The van der Waals surface area contributed by atoms with E-state index in [-0.39, 0.29) is 5.84 Å². The molecule has 0 heterocycles. The molecule has 1 aromatic rings. The molecule has 0 atom stereocenters. The highest BCUT2D eigenvalue weighted by Crippen LogP contribution is 2.28. The van der Waals surface area contributed by atoms with Gasteiger partial charge in [-0.25, -0.2) is 0 Å². The van der Waals surface area contributed by atoms with Gasteiger partial charge in [0.15, 0.2) is 11.5 Å². The van der Waals surface area contributed by atoms with Crippen LogP contribution in [0.25, 0.3) is 0 Å². The van der Waals surface area contributed by atoms with Crippen molar-refractivity contribution in [1.29, 1.82) is 5.41 Å². The third-order valence-electron chi connectivity index (χ3n) is 3.17. The molecule has 5 nitrogen and oxygen atoms in total. The maximum absolute atomic E-state index is 7.38. The van der Waals surface area contributed by atoms with Gasteiger partial charge in [-0.1, -0.05) is 19.9 Å². The van der Waals surface area contributed by atoms with Gasteiger partial charge in [-0.15, -0.1) is 0 Å². The second kappa shape index (κ2) is 8.52. The van der Waals surface area contributed by atoms with Gasteiger partial charge in [0.2, 0.25) is 0 Å². The van der Waals surface area contributed by atoms with Crippen molar-refractivity contribution in [3.05, 3.63) is 23.8 Å². The molecule has 0 bridgehead atoms. The molecule has 0 aromatic heterocycles. The van der Waals surface area contributed by atoms with Crippen molar-refractivity contribution in [2.24, 2.45) is 11.7 Å². The fourth-order valence-electron chi connectivity index (χ4n) is 2.27. The number of rotatable bonds is 9. The van der Waals surface area contributed by atoms with E-state index in [0.717, 1.165) is 36.7 Å². The normalized spacial score (nSPS) is 11.0. The van der Waals surface area contributed by atoms with E-state index in [9.17, 15) is 0 Å². The van der Waals surface area contributed by atoms with Crippen LogP contribution in [-0.4, -0.2) is 38.0 Å². The number of nitrogens with one attached hydrogen (secondary N) is 1. The first kappa shape index (κ1) is 17.3. The monoisotopic (exact) mass is 293 g/mol. The number of methoxy groups -OCH3 is 2. The minimum absolute atomic E-state index is 0.232. The molecule has 5 heteroatoms. The van der Waals surface area contributed by atoms with Crippen molar-refractivity contribution in [3.63, 3.8) is 0 Å². The summed E-state index contributed by atoms with van der Waals surface area (Å²) in [5.74, 6) is 2.28. The van der Waals surface area contributed by atoms with E-state index in [1.54, 1.807) is 14.2 Å². The maximum Gasteiger partial charge on any atom is 0.161 e. The highest BCUT2D eigenvalue weighted by Gasteiger charge is 2.11. The molecular weight excluding hydrogens is 266 g/mol. The Morgan fingerprint density at radius 3 is 2.43 bits per heavy atom. The SMILES string of the molecule is COc1ccc(CN(CCC(=N)N)CC(C)C)cc1OC. The quantitative estimate of drug-likeness (QED) is 0.542. The van der Waals surface area contributed by atoms with E-state index in [1.165, 1.54) is 0 Å². The molecular formula is C16H27N3O2. The van der Waals surface area contributed by atoms with Crippen LogP contribution in [0.4, 0.5) is 0 Å². The van der Waals surface area contributed by atoms with Crippen LogP contribution < -0.4 is 15.2 Å². The van der Waals surface area contributed by atoms with Gasteiger partial charge in [0.1, 0.15) is 0 Å². The zero-order chi connectivity index (χ0) is 15.8. The van der Waals surface area contributed by atoms with Crippen molar-refractivity contribution >= 4 is 5.84 Å². The second-order valence-corrected chi connectivity index (χ2v) is 5.59. The molecule has 0 saturated carbocycles. The molecule has 21 heavy (non-hydrogen) atoms. The molecule has 118 valence electrons. The summed E-state index contributed by atoms with van der Waals surface area (Å²) in [5, 5.41) is 7.38. The molecule has 0 amide bonds. The summed E-state index contributed by atoms with van der Waals surface area (Å²) in [4.78, 5) is 2.31. The van der Waals surface area contributed by atoms with Gasteiger partial charge >= 0.3 is 0 Å². The molecule has 0 radical (unpaired) electrons. The van der Waals surface area contributed by atoms with Crippen LogP contribution in [0.5, 0.6) is 11.5 Å². The lowest BCUT2D eigenvalue weighted by atomic mass is 10.1. The van der Waals surface area contributed by atoms with E-state index in [4.69, 9.17) is 20.6 Å². The van der Waals surface area contributed by atoms with E-state index in [0.29, 0.717) is 12.3 Å². The summed E-state index contributed by atoms with van der Waals surface area (Å²) < 4.78 is 10.6. The predicted molar refractivity (Wildman–Crippen MR) is 86.2 cm³/mol. The number of benzene rings is 1. The Labute approximate surface area is 127 Å². The third kappa shape index (κ3) is 6.04. The zero-order valence-corrected chi connectivity index (χ0v) is 13.5. The highest BCUT2D eigenvalue weighted by atomic mass is 16.5. The van der Waals surface area contributed by atoms with Crippen LogP contribution in [0.15, 0.2) is 18.2 Å². The molecule has 0 saturated heterocycles. The van der Waals surface area contributed by atoms with Crippen LogP contribution in [0.3, 0.4) is 0 Å². The fraction of sp³-hybridized carbons (Fsp3) is 0.562. The van der Waals surface area contributed by atoms with Gasteiger partial charge in [0.25, 0.3) is 0 Å². The summed E-state index contributed by atoms with van der Waals surface area (Å²) in [6.07, 6.45) is 0.597. The van der Waals surface area contributed by atoms with Crippen LogP contribution in [0, 0.1) is 11.3 Å². The van der Waals surface area contributed by atoms with Crippen LogP contribution in [0.1, 0.15) is 25.8 Å². The molecule has 0 aliphatic heterocycles. The lowest BCUT2D eigenvalue weighted by Gasteiger charge is -2.24. The molecule has 1 rings (SSSR count). The third-order valence-corrected chi connectivity index (χ3v) is 3.17. The van der Waals surface area contributed by atoms with E-state index in [2.05, 4.69) is 18.7 Å². The molecule has 0 aliphatic carbocycles. The van der Waals surface area contributed by atoms with Crippen molar-refractivity contribution < 1.29 is 9.47 Å². The number of hydrogen-bond acceptors (Lipinski definition) is 4. The van der Waals surface area contributed by atoms with Crippen LogP contribution >= 0.6 is 0 Å². The number of hydrogen-bond donors (Lipinski definition) is 2. The fourth-order valence-corrected chi connectivity index (χ4v) is 2.27. The van der Waals surface area contributed by atoms with Crippen LogP contribution in [0.2, 0.25) is 0 Å². The molecule has 0 fully saturated rings. The van der Waals surface area contributed by atoms with Crippen molar-refractivity contribution in [2.75, 3.05) is 27.3 Å². The second-order valence-electron chi connectivity index (χ2n) is 5.59. The zero-order valence-electron chi connectivity index (χ0n) is 13.5. The molecule has 0 spiro atoms. The number of ether oxygens (including phenoxy) is 2. The predicted octanol–water partition coefficient (Wildman–Crippen LogP) is 2.49. The largest absolute Gasteiger partial charge is 0.493 e. The Balaban J connectivity index is 2.79. The molecule has 0 unspecified atom stereocenters. The first-order valence-electron chi connectivity index (χ1n) is 7.22. The van der Waals surface area contributed by atoms with E-state index < -0.39 is 0 Å². The standard InChI is InChI=1S/C16H27N3O2/c1-12(2)10-19(8-7-16(17)18)11-13-5-6-14(20-3)15(9-13)21-4/h5-6,9,12H,7-8,10-11H2,1-4H3,(H3,17,18). The van der Waals surface area contributed by atoms with Crippen molar-refractivity contribution in [1.82, 2.24) is 4.90 Å². The van der Waals surface area contributed by atoms with E-state index >= 15 is 0 Å². The van der Waals surface area contributed by atoms with Gasteiger partial charge in [0, 0.05) is 26.1 Å². The first-order valence-corrected chi connectivity index (χ1v) is 7.22. The summed E-state index contributed by atoms with van der Waals surface area (Å²) in [6.45, 7) is 6.96. The Morgan fingerprint density at radius 1 is 1.24 bits per heavy atom. The van der Waals surface area contributed by atoms with Gasteiger partial charge in [-0.3, -0.25) is 10.3 Å². The molecule has 1 aromatic carbocycles. The Morgan fingerprint density at radius 2 is 1.90 bits per heavy atom. The Hall–Kier alpha value is -1.75. The van der Waals surface area contributed by atoms with Crippen molar-refractivity contribution in [3.8, 4) is 11.5 Å². The minimum atomic E-state index is 0.232. The Bertz CT molecular complexity index is 461. The smallest absolute Gasteiger partial charge is 0.161 e. The topological polar surface area (TPSA) is 71.6 Å². The minimum Gasteiger partial charge on any atom is -0.493 e. The van der Waals surface area contributed by atoms with E-state index in [1.807, 2.05) is 18.2 Å². The lowest BCUT2D eigenvalue weighted by Crippen LogP contribution is -2.30. The maximum atomic E-state index is 7.38. The summed E-state index contributed by atoms with van der Waals surface area (Å²) >= 11 is 0. The van der Waals surface area contributed by atoms with Gasteiger partial charge < -0.3 is 15.2 Å². The molecule has 3 N–H and O–H groups in total. The Kier molecular flexibility index (Phi) is 7.02. The first-order chi connectivity index (χ1) is 9.96.